The molecule has 0 aliphatic carbocycles. The first-order valence-electron chi connectivity index (χ1n) is 9.34. The number of amides is 1. The Morgan fingerprint density at radius 3 is 2.71 bits per heavy atom. The molecule has 3 aromatic rings. The summed E-state index contributed by atoms with van der Waals surface area (Å²) >= 11 is 0. The lowest BCUT2D eigenvalue weighted by Gasteiger charge is -2.33. The van der Waals surface area contributed by atoms with Crippen molar-refractivity contribution in [2.45, 2.75) is 18.8 Å². The lowest BCUT2D eigenvalue weighted by Crippen LogP contribution is -2.39. The topological polar surface area (TPSA) is 86.3 Å². The van der Waals surface area contributed by atoms with E-state index in [9.17, 15) is 14.7 Å². The van der Waals surface area contributed by atoms with Gasteiger partial charge in [0, 0.05) is 42.5 Å². The molecule has 1 fully saturated rings. The number of carboxylic acid groups (broad SMARTS) is 1. The van der Waals surface area contributed by atoms with Crippen molar-refractivity contribution < 1.29 is 14.7 Å². The van der Waals surface area contributed by atoms with E-state index < -0.39 is 5.97 Å². The highest BCUT2D eigenvalue weighted by molar-refractivity contribution is 5.95. The summed E-state index contributed by atoms with van der Waals surface area (Å²) in [4.78, 5) is 33.5. The monoisotopic (exact) mass is 375 g/mol. The predicted molar refractivity (Wildman–Crippen MR) is 105 cm³/mol. The molecule has 2 aromatic carbocycles. The molecule has 2 N–H and O–H groups in total. The number of carboxylic acids is 1. The maximum atomic E-state index is 13.1. The molecule has 6 heteroatoms. The molecule has 1 atom stereocenters. The number of likely N-dealkylation sites (tertiary alicyclic amines) is 1. The fourth-order valence-electron chi connectivity index (χ4n) is 3.76. The van der Waals surface area contributed by atoms with Crippen molar-refractivity contribution in [1.29, 1.82) is 0 Å². The Bertz CT molecular complexity index is 998. The van der Waals surface area contributed by atoms with Gasteiger partial charge in [-0.1, -0.05) is 24.3 Å². The van der Waals surface area contributed by atoms with Crippen LogP contribution in [0.4, 0.5) is 0 Å². The quantitative estimate of drug-likeness (QED) is 0.726. The number of nitrogens with one attached hydrogen (secondary N) is 1. The van der Waals surface area contributed by atoms with Gasteiger partial charge in [-0.2, -0.15) is 0 Å². The van der Waals surface area contributed by atoms with Crippen LogP contribution in [0.25, 0.3) is 11.4 Å². The third-order valence-electron chi connectivity index (χ3n) is 5.19. The fraction of sp³-hybridized carbons (Fsp3) is 0.227. The summed E-state index contributed by atoms with van der Waals surface area (Å²) in [7, 11) is 0. The third-order valence-corrected chi connectivity index (χ3v) is 5.19. The number of benzene rings is 2. The number of rotatable bonds is 4. The summed E-state index contributed by atoms with van der Waals surface area (Å²) in [6, 6.07) is 14.5. The van der Waals surface area contributed by atoms with E-state index in [0.29, 0.717) is 18.7 Å². The van der Waals surface area contributed by atoms with Crippen LogP contribution in [0.1, 0.15) is 45.0 Å². The molecule has 2 heterocycles. The van der Waals surface area contributed by atoms with Gasteiger partial charge in [-0.25, -0.2) is 9.78 Å². The average molecular weight is 375 g/mol. The van der Waals surface area contributed by atoms with E-state index in [1.807, 2.05) is 35.2 Å². The second-order valence-electron chi connectivity index (χ2n) is 7.04. The fourth-order valence-corrected chi connectivity index (χ4v) is 3.76. The maximum absolute atomic E-state index is 13.1. The van der Waals surface area contributed by atoms with Crippen LogP contribution in [0.3, 0.4) is 0 Å². The van der Waals surface area contributed by atoms with Crippen molar-refractivity contribution >= 4 is 11.9 Å². The number of nitrogens with zero attached hydrogens (tertiary/aromatic N) is 2. The molecular weight excluding hydrogens is 354 g/mol. The zero-order valence-corrected chi connectivity index (χ0v) is 15.3. The molecule has 1 unspecified atom stereocenters. The molecule has 6 nitrogen and oxygen atoms in total. The van der Waals surface area contributed by atoms with Gasteiger partial charge in [0.25, 0.3) is 5.91 Å². The largest absolute Gasteiger partial charge is 0.478 e. The molecule has 4 rings (SSSR count). The molecule has 28 heavy (non-hydrogen) atoms. The van der Waals surface area contributed by atoms with Crippen molar-refractivity contribution in [3.05, 3.63) is 77.6 Å². The Labute approximate surface area is 162 Å². The van der Waals surface area contributed by atoms with E-state index in [0.717, 1.165) is 29.8 Å². The first-order valence-corrected chi connectivity index (χ1v) is 9.34. The molecule has 0 bridgehead atoms. The molecule has 0 spiro atoms. The number of aromatic amines is 1. The Kier molecular flexibility index (Phi) is 4.93. The van der Waals surface area contributed by atoms with E-state index in [-0.39, 0.29) is 17.4 Å². The van der Waals surface area contributed by atoms with E-state index in [1.54, 1.807) is 30.6 Å². The highest BCUT2D eigenvalue weighted by Gasteiger charge is 2.26. The Morgan fingerprint density at radius 1 is 1.11 bits per heavy atom. The average Bonchev–Trinajstić information content (AvgIpc) is 3.28. The minimum atomic E-state index is -0.930. The van der Waals surface area contributed by atoms with Crippen molar-refractivity contribution in [1.82, 2.24) is 14.9 Å². The summed E-state index contributed by atoms with van der Waals surface area (Å²) < 4.78 is 0. The van der Waals surface area contributed by atoms with Gasteiger partial charge in [-0.05, 0) is 42.7 Å². The number of imidazole rings is 1. The molecule has 1 aliphatic heterocycles. The van der Waals surface area contributed by atoms with Crippen molar-refractivity contribution in [2.75, 3.05) is 13.1 Å². The van der Waals surface area contributed by atoms with Crippen LogP contribution in [0.2, 0.25) is 0 Å². The minimum absolute atomic E-state index is 0.00695. The molecule has 0 radical (unpaired) electrons. The highest BCUT2D eigenvalue weighted by Crippen LogP contribution is 2.29. The predicted octanol–water partition coefficient (Wildman–Crippen LogP) is 3.79. The molecule has 0 saturated carbocycles. The van der Waals surface area contributed by atoms with E-state index in [2.05, 4.69) is 9.97 Å². The van der Waals surface area contributed by atoms with Crippen LogP contribution in [-0.2, 0) is 0 Å². The Morgan fingerprint density at radius 2 is 1.93 bits per heavy atom. The number of aromatic carboxylic acids is 1. The van der Waals surface area contributed by atoms with Gasteiger partial charge >= 0.3 is 5.97 Å². The van der Waals surface area contributed by atoms with E-state index in [4.69, 9.17) is 0 Å². The number of aromatic nitrogens is 2. The Hall–Kier alpha value is -3.41. The van der Waals surface area contributed by atoms with Gasteiger partial charge in [0.05, 0.1) is 5.56 Å². The van der Waals surface area contributed by atoms with Crippen LogP contribution < -0.4 is 0 Å². The molecule has 1 aromatic heterocycles. The lowest BCUT2D eigenvalue weighted by atomic mass is 9.89. The summed E-state index contributed by atoms with van der Waals surface area (Å²) in [5.74, 6) is -0.0604. The number of H-pyrrole nitrogens is 1. The summed E-state index contributed by atoms with van der Waals surface area (Å²) in [6.07, 6.45) is 5.28. The van der Waals surface area contributed by atoms with Crippen molar-refractivity contribution in [3.8, 4) is 11.4 Å². The van der Waals surface area contributed by atoms with Gasteiger partial charge < -0.3 is 15.0 Å². The normalized spacial score (nSPS) is 16.7. The highest BCUT2D eigenvalue weighted by atomic mass is 16.4. The minimum Gasteiger partial charge on any atom is -0.478 e. The number of carbonyl (C=O) groups excluding carboxylic acids is 1. The lowest BCUT2D eigenvalue weighted by molar-refractivity contribution is 0.0688. The number of carbonyl (C=O) groups is 2. The SMILES string of the molecule is O=C(O)c1cccc(C2CCCN(C(=O)c3cccc(-c4ncc[nH]4)c3)C2)c1. The Balaban J connectivity index is 1.53. The molecule has 1 saturated heterocycles. The second kappa shape index (κ2) is 7.68. The van der Waals surface area contributed by atoms with Crippen LogP contribution in [0, 0.1) is 0 Å². The zero-order chi connectivity index (χ0) is 19.5. The van der Waals surface area contributed by atoms with Crippen LogP contribution >= 0.6 is 0 Å². The molecular formula is C22H21N3O3. The first-order chi connectivity index (χ1) is 13.6. The third kappa shape index (κ3) is 3.67. The van der Waals surface area contributed by atoms with Gasteiger partial charge in [0.15, 0.2) is 0 Å². The summed E-state index contributed by atoms with van der Waals surface area (Å²) in [5, 5.41) is 9.23. The van der Waals surface area contributed by atoms with Crippen molar-refractivity contribution in [3.63, 3.8) is 0 Å². The number of piperidine rings is 1. The van der Waals surface area contributed by atoms with Gasteiger partial charge in [0.2, 0.25) is 0 Å². The van der Waals surface area contributed by atoms with E-state index in [1.165, 1.54) is 0 Å². The van der Waals surface area contributed by atoms with Crippen LogP contribution in [0.5, 0.6) is 0 Å². The summed E-state index contributed by atoms with van der Waals surface area (Å²) in [5.41, 5.74) is 2.77. The van der Waals surface area contributed by atoms with Gasteiger partial charge in [0.1, 0.15) is 5.82 Å². The molecule has 1 aliphatic rings. The molecule has 1 amide bonds. The smallest absolute Gasteiger partial charge is 0.335 e. The number of hydrogen-bond donors (Lipinski definition) is 2. The van der Waals surface area contributed by atoms with Gasteiger partial charge in [-0.3, -0.25) is 4.79 Å². The van der Waals surface area contributed by atoms with Crippen LogP contribution in [0.15, 0.2) is 60.9 Å². The molecule has 142 valence electrons. The summed E-state index contributed by atoms with van der Waals surface area (Å²) in [6.45, 7) is 1.30. The maximum Gasteiger partial charge on any atom is 0.335 e. The van der Waals surface area contributed by atoms with Gasteiger partial charge in [-0.15, -0.1) is 0 Å². The number of hydrogen-bond acceptors (Lipinski definition) is 3. The first kappa shape index (κ1) is 18.0. The van der Waals surface area contributed by atoms with Crippen LogP contribution in [-0.4, -0.2) is 44.9 Å². The zero-order valence-electron chi connectivity index (χ0n) is 15.3. The second-order valence-corrected chi connectivity index (χ2v) is 7.04. The van der Waals surface area contributed by atoms with Crippen molar-refractivity contribution in [2.24, 2.45) is 0 Å². The standard InChI is InChI=1S/C22H21N3O3/c26-21(17-6-2-5-16(13-17)20-23-9-10-24-20)25-11-3-8-19(14-25)15-4-1-7-18(12-15)22(27)28/h1-2,4-7,9-10,12-13,19H,3,8,11,14H2,(H,23,24)(H,27,28). The van der Waals surface area contributed by atoms with E-state index >= 15 is 0 Å².